The van der Waals surface area contributed by atoms with E-state index in [0.717, 1.165) is 17.8 Å². The fourth-order valence-electron chi connectivity index (χ4n) is 4.06. The first-order valence-electron chi connectivity index (χ1n) is 10.4. The van der Waals surface area contributed by atoms with Gasteiger partial charge in [0.15, 0.2) is 5.65 Å². The predicted molar refractivity (Wildman–Crippen MR) is 117 cm³/mol. The van der Waals surface area contributed by atoms with Gasteiger partial charge in [-0.2, -0.15) is 10.4 Å². The maximum absolute atomic E-state index is 12.7. The zero-order chi connectivity index (χ0) is 22.0. The molecule has 31 heavy (non-hydrogen) atoms. The van der Waals surface area contributed by atoms with E-state index in [9.17, 15) is 14.9 Å². The van der Waals surface area contributed by atoms with Gasteiger partial charge in [-0.05, 0) is 57.0 Å². The molecule has 1 saturated heterocycles. The molecule has 0 bridgehead atoms. The van der Waals surface area contributed by atoms with Crippen molar-refractivity contribution in [2.24, 2.45) is 0 Å². The summed E-state index contributed by atoms with van der Waals surface area (Å²) in [4.78, 5) is 32.1. The van der Waals surface area contributed by atoms with Gasteiger partial charge in [-0.15, -0.1) is 11.3 Å². The average molecular weight is 437 g/mol. The average Bonchev–Trinajstić information content (AvgIpc) is 3.50. The summed E-state index contributed by atoms with van der Waals surface area (Å²) in [5.74, 6) is -0.194. The summed E-state index contributed by atoms with van der Waals surface area (Å²) < 4.78 is 1.70. The van der Waals surface area contributed by atoms with Gasteiger partial charge in [0.1, 0.15) is 17.7 Å². The first-order valence-corrected chi connectivity index (χ1v) is 11.3. The van der Waals surface area contributed by atoms with Crippen molar-refractivity contribution in [3.8, 4) is 6.07 Å². The van der Waals surface area contributed by atoms with E-state index in [2.05, 4.69) is 21.5 Å². The molecule has 0 aliphatic carbocycles. The first kappa shape index (κ1) is 21.0. The molecule has 1 atom stereocenters. The first-order chi connectivity index (χ1) is 15.0. The molecule has 0 spiro atoms. The molecule has 3 aromatic heterocycles. The molecule has 1 aliphatic rings. The Kier molecular flexibility index (Phi) is 6.00. The van der Waals surface area contributed by atoms with Crippen LogP contribution in [0.25, 0.3) is 5.65 Å². The Morgan fingerprint density at radius 1 is 1.39 bits per heavy atom. The van der Waals surface area contributed by atoms with Crippen LogP contribution in [0.15, 0.2) is 23.6 Å². The maximum atomic E-state index is 12.7. The number of hydrogen-bond acceptors (Lipinski definition) is 6. The Hall–Kier alpha value is -3.25. The number of nitrogens with zero attached hydrogens (tertiary/aromatic N) is 5. The molecule has 160 valence electrons. The van der Waals surface area contributed by atoms with Crippen LogP contribution in [0.5, 0.6) is 0 Å². The van der Waals surface area contributed by atoms with Crippen LogP contribution in [0.3, 0.4) is 0 Å². The number of hydrogen-bond donors (Lipinski definition) is 1. The Balaban J connectivity index is 1.36. The van der Waals surface area contributed by atoms with Gasteiger partial charge in [-0.25, -0.2) is 9.50 Å². The zero-order valence-electron chi connectivity index (χ0n) is 17.6. The van der Waals surface area contributed by atoms with Crippen LogP contribution in [-0.4, -0.2) is 50.4 Å². The highest BCUT2D eigenvalue weighted by Crippen LogP contribution is 2.22. The number of thiophene rings is 1. The molecule has 0 saturated carbocycles. The van der Waals surface area contributed by atoms with Crippen molar-refractivity contribution < 1.29 is 9.59 Å². The van der Waals surface area contributed by atoms with Gasteiger partial charge < -0.3 is 10.2 Å². The molecule has 1 aliphatic heterocycles. The molecular formula is C22H24N6O2S. The summed E-state index contributed by atoms with van der Waals surface area (Å²) in [6.07, 6.45) is 2.72. The van der Waals surface area contributed by atoms with Crippen molar-refractivity contribution in [1.29, 1.82) is 5.26 Å². The van der Waals surface area contributed by atoms with Crippen molar-refractivity contribution in [3.05, 3.63) is 51.1 Å². The Bertz CT molecular complexity index is 1160. The number of aryl methyl sites for hydroxylation is 3. The van der Waals surface area contributed by atoms with Gasteiger partial charge in [0.25, 0.3) is 5.91 Å². The smallest absolute Gasteiger partial charge is 0.264 e. The topological polar surface area (TPSA) is 103 Å². The molecule has 1 fully saturated rings. The largest absolute Gasteiger partial charge is 0.354 e. The van der Waals surface area contributed by atoms with E-state index in [0.29, 0.717) is 54.1 Å². The third-order valence-corrected chi connectivity index (χ3v) is 6.38. The van der Waals surface area contributed by atoms with Gasteiger partial charge in [-0.1, -0.05) is 6.07 Å². The predicted octanol–water partition coefficient (Wildman–Crippen LogP) is 2.63. The van der Waals surface area contributed by atoms with Crippen LogP contribution in [0, 0.1) is 25.2 Å². The van der Waals surface area contributed by atoms with Crippen LogP contribution in [0.2, 0.25) is 0 Å². The number of fused-ring (bicyclic) bond motifs is 1. The van der Waals surface area contributed by atoms with Crippen molar-refractivity contribution >= 4 is 28.8 Å². The second kappa shape index (κ2) is 8.86. The van der Waals surface area contributed by atoms with E-state index in [1.165, 1.54) is 11.3 Å². The van der Waals surface area contributed by atoms with Gasteiger partial charge >= 0.3 is 0 Å². The number of nitriles is 1. The van der Waals surface area contributed by atoms with Crippen molar-refractivity contribution in [1.82, 2.24) is 24.8 Å². The molecule has 1 N–H and O–H groups in total. The van der Waals surface area contributed by atoms with Gasteiger partial charge in [-0.3, -0.25) is 9.59 Å². The number of likely N-dealkylation sites (tertiary alicyclic amines) is 1. The maximum Gasteiger partial charge on any atom is 0.264 e. The molecule has 8 nitrogen and oxygen atoms in total. The van der Waals surface area contributed by atoms with Crippen LogP contribution < -0.4 is 5.32 Å². The van der Waals surface area contributed by atoms with Crippen LogP contribution in [-0.2, 0) is 11.2 Å². The number of nitrogens with one attached hydrogen (secondary N) is 1. The minimum absolute atomic E-state index is 0.0748. The van der Waals surface area contributed by atoms with E-state index in [1.807, 2.05) is 31.4 Å². The molecule has 0 unspecified atom stereocenters. The lowest BCUT2D eigenvalue weighted by molar-refractivity contribution is -0.124. The van der Waals surface area contributed by atoms with Crippen LogP contribution in [0.4, 0.5) is 0 Å². The zero-order valence-corrected chi connectivity index (χ0v) is 18.4. The van der Waals surface area contributed by atoms with Crippen LogP contribution in [0.1, 0.15) is 51.6 Å². The molecule has 2 amide bonds. The number of rotatable bonds is 6. The highest BCUT2D eigenvalue weighted by Gasteiger charge is 2.34. The third kappa shape index (κ3) is 4.16. The van der Waals surface area contributed by atoms with Gasteiger partial charge in [0.2, 0.25) is 5.91 Å². The number of carbonyl (C=O) groups excluding carboxylic acids is 2. The SMILES string of the molecule is Cc1cc(C)n2nc(CCCNC(=O)[C@@H]3CCCN3C(=O)c3cccs3)c(C#N)c2n1. The summed E-state index contributed by atoms with van der Waals surface area (Å²) in [6, 6.07) is 7.36. The summed E-state index contributed by atoms with van der Waals surface area (Å²) in [7, 11) is 0. The highest BCUT2D eigenvalue weighted by atomic mass is 32.1. The summed E-state index contributed by atoms with van der Waals surface area (Å²) in [5, 5.41) is 19.0. The lowest BCUT2D eigenvalue weighted by Crippen LogP contribution is -2.46. The molecule has 3 aromatic rings. The molecular weight excluding hydrogens is 412 g/mol. The van der Waals surface area contributed by atoms with E-state index < -0.39 is 6.04 Å². The normalized spacial score (nSPS) is 15.9. The molecule has 0 radical (unpaired) electrons. The number of aromatic nitrogens is 3. The number of carbonyl (C=O) groups is 2. The summed E-state index contributed by atoms with van der Waals surface area (Å²) in [6.45, 7) is 4.89. The summed E-state index contributed by atoms with van der Waals surface area (Å²) in [5.41, 5.74) is 3.52. The van der Waals surface area contributed by atoms with Gasteiger partial charge in [0.05, 0.1) is 10.6 Å². The van der Waals surface area contributed by atoms with E-state index in [-0.39, 0.29) is 11.8 Å². The standard InChI is InChI=1S/C22H24N6O2S/c1-14-12-15(2)28-20(25-14)16(13-23)17(26-28)6-3-9-24-21(29)18-7-4-10-27(18)22(30)19-8-5-11-31-19/h5,8,11-12,18H,3-4,6-7,9-10H2,1-2H3,(H,24,29)/t18-/m0/s1. The summed E-state index contributed by atoms with van der Waals surface area (Å²) >= 11 is 1.39. The highest BCUT2D eigenvalue weighted by molar-refractivity contribution is 7.12. The Labute approximate surface area is 184 Å². The second-order valence-electron chi connectivity index (χ2n) is 7.74. The van der Waals surface area contributed by atoms with E-state index in [4.69, 9.17) is 0 Å². The second-order valence-corrected chi connectivity index (χ2v) is 8.68. The Morgan fingerprint density at radius 3 is 2.97 bits per heavy atom. The molecule has 4 rings (SSSR count). The quantitative estimate of drug-likeness (QED) is 0.598. The lowest BCUT2D eigenvalue weighted by atomic mass is 10.1. The van der Waals surface area contributed by atoms with Crippen molar-refractivity contribution in [3.63, 3.8) is 0 Å². The van der Waals surface area contributed by atoms with Crippen molar-refractivity contribution in [2.45, 2.75) is 45.6 Å². The molecule has 0 aromatic carbocycles. The lowest BCUT2D eigenvalue weighted by Gasteiger charge is -2.23. The Morgan fingerprint density at radius 2 is 2.23 bits per heavy atom. The third-order valence-electron chi connectivity index (χ3n) is 5.52. The molecule has 9 heteroatoms. The fourth-order valence-corrected chi connectivity index (χ4v) is 4.74. The fraction of sp³-hybridized carbons (Fsp3) is 0.409. The van der Waals surface area contributed by atoms with E-state index in [1.54, 1.807) is 15.5 Å². The van der Waals surface area contributed by atoms with Crippen molar-refractivity contribution in [2.75, 3.05) is 13.1 Å². The minimum Gasteiger partial charge on any atom is -0.354 e. The number of amides is 2. The molecule has 4 heterocycles. The van der Waals surface area contributed by atoms with Gasteiger partial charge in [0, 0.05) is 24.5 Å². The van der Waals surface area contributed by atoms with E-state index >= 15 is 0 Å². The minimum atomic E-state index is -0.422. The monoisotopic (exact) mass is 436 g/mol. The van der Waals surface area contributed by atoms with Crippen LogP contribution >= 0.6 is 11.3 Å².